The summed E-state index contributed by atoms with van der Waals surface area (Å²) in [6.07, 6.45) is 8.00. The molecule has 5 rings (SSSR count). The number of H-pyrrole nitrogens is 1. The topological polar surface area (TPSA) is 71.2 Å². The molecule has 3 heterocycles. The molecule has 7 heteroatoms. The number of benzene rings is 1. The van der Waals surface area contributed by atoms with Crippen molar-refractivity contribution in [1.29, 1.82) is 0 Å². The molecule has 0 amide bonds. The van der Waals surface area contributed by atoms with Crippen LogP contribution in [0.2, 0.25) is 5.02 Å². The van der Waals surface area contributed by atoms with Crippen LogP contribution < -0.4 is 20.1 Å². The second-order valence-electron chi connectivity index (χ2n) is 7.27. The third-order valence-corrected chi connectivity index (χ3v) is 5.61. The smallest absolute Gasteiger partial charge is 0.185 e. The number of rotatable bonds is 4. The van der Waals surface area contributed by atoms with Crippen LogP contribution in [0, 0.1) is 6.07 Å². The Hall–Kier alpha value is -2.60. The summed E-state index contributed by atoms with van der Waals surface area (Å²) in [5.74, 6) is 2.01. The number of fused-ring (bicyclic) bond motifs is 2. The lowest BCUT2D eigenvalue weighted by atomic mass is 9.95. The zero-order valence-electron chi connectivity index (χ0n) is 15.5. The van der Waals surface area contributed by atoms with Crippen molar-refractivity contribution in [2.24, 2.45) is 0 Å². The van der Waals surface area contributed by atoms with E-state index in [9.17, 15) is 0 Å². The molecule has 1 aliphatic heterocycles. The number of pyridine rings is 1. The summed E-state index contributed by atoms with van der Waals surface area (Å²) < 4.78 is 11.4. The van der Waals surface area contributed by atoms with Crippen molar-refractivity contribution in [3.05, 3.63) is 35.5 Å². The molecule has 3 aromatic rings. The Kier molecular flexibility index (Phi) is 4.64. The zero-order valence-corrected chi connectivity index (χ0v) is 16.2. The fraction of sp³-hybridized carbons (Fsp3) is 0.381. The van der Waals surface area contributed by atoms with Crippen molar-refractivity contribution in [2.45, 2.75) is 38.1 Å². The Labute approximate surface area is 168 Å². The Morgan fingerprint density at radius 3 is 2.89 bits per heavy atom. The van der Waals surface area contributed by atoms with Gasteiger partial charge in [0.1, 0.15) is 24.7 Å². The number of aromatic nitrogens is 2. The molecule has 3 N–H and O–H groups in total. The molecule has 1 saturated carbocycles. The van der Waals surface area contributed by atoms with Gasteiger partial charge in [-0.3, -0.25) is 0 Å². The Morgan fingerprint density at radius 1 is 1.14 bits per heavy atom. The average molecular weight is 398 g/mol. The highest BCUT2D eigenvalue weighted by molar-refractivity contribution is 6.36. The lowest BCUT2D eigenvalue weighted by Gasteiger charge is -2.25. The third-order valence-electron chi connectivity index (χ3n) is 5.31. The van der Waals surface area contributed by atoms with Crippen molar-refractivity contribution >= 4 is 39.8 Å². The van der Waals surface area contributed by atoms with Gasteiger partial charge in [0.05, 0.1) is 21.8 Å². The Bertz CT molecular complexity index is 997. The third kappa shape index (κ3) is 3.33. The van der Waals surface area contributed by atoms with E-state index < -0.39 is 0 Å². The summed E-state index contributed by atoms with van der Waals surface area (Å²) in [5, 5.41) is 8.67. The minimum atomic E-state index is 0.467. The van der Waals surface area contributed by atoms with Gasteiger partial charge in [0, 0.05) is 24.4 Å². The van der Waals surface area contributed by atoms with Gasteiger partial charge in [0.2, 0.25) is 0 Å². The number of ether oxygens (including phenoxy) is 2. The SMILES string of the molecule is Clc1c[nH]c2nc(Nc3cc[c]c4c3OCCO4)cc(NC3CCCCC3)c12. The highest BCUT2D eigenvalue weighted by Gasteiger charge is 2.19. The molecule has 0 spiro atoms. The molecule has 0 atom stereocenters. The first-order chi connectivity index (χ1) is 13.8. The van der Waals surface area contributed by atoms with E-state index in [1.807, 2.05) is 18.2 Å². The molecule has 1 fully saturated rings. The maximum Gasteiger partial charge on any atom is 0.185 e. The maximum atomic E-state index is 6.43. The van der Waals surface area contributed by atoms with Gasteiger partial charge in [-0.15, -0.1) is 0 Å². The average Bonchev–Trinajstić information content (AvgIpc) is 3.10. The van der Waals surface area contributed by atoms with Gasteiger partial charge in [-0.1, -0.05) is 30.9 Å². The first-order valence-electron chi connectivity index (χ1n) is 9.79. The molecule has 0 unspecified atom stereocenters. The van der Waals surface area contributed by atoms with E-state index >= 15 is 0 Å². The van der Waals surface area contributed by atoms with Crippen molar-refractivity contribution in [1.82, 2.24) is 9.97 Å². The van der Waals surface area contributed by atoms with Gasteiger partial charge >= 0.3 is 0 Å². The first-order valence-corrected chi connectivity index (χ1v) is 10.2. The predicted octanol–water partition coefficient (Wildman–Crippen LogP) is 5.28. The van der Waals surface area contributed by atoms with Crippen molar-refractivity contribution in [3.63, 3.8) is 0 Å². The number of hydrogen-bond acceptors (Lipinski definition) is 5. The summed E-state index contributed by atoms with van der Waals surface area (Å²) >= 11 is 6.43. The van der Waals surface area contributed by atoms with E-state index in [1.165, 1.54) is 32.1 Å². The minimum Gasteiger partial charge on any atom is -0.485 e. The molecule has 145 valence electrons. The summed E-state index contributed by atoms with van der Waals surface area (Å²) in [5.41, 5.74) is 2.56. The maximum absolute atomic E-state index is 6.43. The van der Waals surface area contributed by atoms with Gasteiger partial charge in [-0.2, -0.15) is 0 Å². The second kappa shape index (κ2) is 7.43. The summed E-state index contributed by atoms with van der Waals surface area (Å²) in [6, 6.07) is 9.29. The summed E-state index contributed by atoms with van der Waals surface area (Å²) in [7, 11) is 0. The molecule has 0 saturated heterocycles. The number of nitrogens with one attached hydrogen (secondary N) is 3. The van der Waals surface area contributed by atoms with Gasteiger partial charge in [0.15, 0.2) is 11.5 Å². The largest absolute Gasteiger partial charge is 0.485 e. The van der Waals surface area contributed by atoms with Crippen LogP contribution in [0.4, 0.5) is 17.2 Å². The van der Waals surface area contributed by atoms with Gasteiger partial charge in [-0.25, -0.2) is 4.98 Å². The van der Waals surface area contributed by atoms with E-state index in [0.717, 1.165) is 22.4 Å². The van der Waals surface area contributed by atoms with Crippen LogP contribution in [-0.2, 0) is 0 Å². The Morgan fingerprint density at radius 2 is 2.00 bits per heavy atom. The number of aromatic amines is 1. The van der Waals surface area contributed by atoms with Gasteiger partial charge < -0.3 is 25.1 Å². The standard InChI is InChI=1S/C21H22ClN4O2/c22-14-12-23-21-19(14)16(24-13-5-2-1-3-6-13)11-18(26-21)25-15-7-4-8-17-20(15)28-10-9-27-17/h4,7,11-13H,1-3,5-6,9-10H2,(H3,23,24,25,26). The fourth-order valence-corrected chi connectivity index (χ4v) is 4.22. The second-order valence-corrected chi connectivity index (χ2v) is 7.67. The van der Waals surface area contributed by atoms with E-state index in [0.29, 0.717) is 41.6 Å². The molecule has 2 aromatic heterocycles. The minimum absolute atomic E-state index is 0.467. The van der Waals surface area contributed by atoms with E-state index in [2.05, 4.69) is 21.7 Å². The van der Waals surface area contributed by atoms with Crippen LogP contribution in [0.15, 0.2) is 24.4 Å². The van der Waals surface area contributed by atoms with Crippen LogP contribution in [-0.4, -0.2) is 29.2 Å². The summed E-state index contributed by atoms with van der Waals surface area (Å²) in [4.78, 5) is 7.87. The lowest BCUT2D eigenvalue weighted by Crippen LogP contribution is -2.22. The van der Waals surface area contributed by atoms with Crippen molar-refractivity contribution < 1.29 is 9.47 Å². The zero-order chi connectivity index (χ0) is 18.9. The van der Waals surface area contributed by atoms with Crippen LogP contribution in [0.5, 0.6) is 11.5 Å². The number of nitrogens with zero attached hydrogens (tertiary/aromatic N) is 1. The van der Waals surface area contributed by atoms with Gasteiger partial charge in [-0.05, 0) is 25.0 Å². The molecule has 1 aliphatic carbocycles. The molecule has 2 aliphatic rings. The molecule has 0 bridgehead atoms. The first kappa shape index (κ1) is 17.5. The molecule has 1 radical (unpaired) electrons. The van der Waals surface area contributed by atoms with Crippen LogP contribution in [0.25, 0.3) is 11.0 Å². The highest BCUT2D eigenvalue weighted by Crippen LogP contribution is 2.39. The van der Waals surface area contributed by atoms with E-state index in [1.54, 1.807) is 6.20 Å². The monoisotopic (exact) mass is 397 g/mol. The van der Waals surface area contributed by atoms with Crippen molar-refractivity contribution in [2.75, 3.05) is 23.8 Å². The Balaban J connectivity index is 1.50. The quantitative estimate of drug-likeness (QED) is 0.559. The van der Waals surface area contributed by atoms with E-state index in [-0.39, 0.29) is 0 Å². The predicted molar refractivity (Wildman–Crippen MR) is 111 cm³/mol. The van der Waals surface area contributed by atoms with Gasteiger partial charge in [0.25, 0.3) is 0 Å². The van der Waals surface area contributed by atoms with Crippen LogP contribution in [0.3, 0.4) is 0 Å². The normalized spacial score (nSPS) is 16.9. The fourth-order valence-electron chi connectivity index (χ4n) is 3.98. The molecular formula is C21H22ClN4O2. The van der Waals surface area contributed by atoms with Crippen LogP contribution >= 0.6 is 11.6 Å². The number of anilines is 3. The number of hydrogen-bond donors (Lipinski definition) is 3. The molecule has 28 heavy (non-hydrogen) atoms. The van der Waals surface area contributed by atoms with E-state index in [4.69, 9.17) is 26.1 Å². The highest BCUT2D eigenvalue weighted by atomic mass is 35.5. The number of halogens is 1. The summed E-state index contributed by atoms with van der Waals surface area (Å²) in [6.45, 7) is 1.06. The molecular weight excluding hydrogens is 376 g/mol. The molecule has 1 aromatic carbocycles. The van der Waals surface area contributed by atoms with Crippen LogP contribution in [0.1, 0.15) is 32.1 Å². The molecule has 6 nitrogen and oxygen atoms in total. The lowest BCUT2D eigenvalue weighted by molar-refractivity contribution is 0.172. The van der Waals surface area contributed by atoms with Crippen molar-refractivity contribution in [3.8, 4) is 11.5 Å².